The Kier molecular flexibility index (Phi) is 8.88. The number of nitrogens with zero attached hydrogens (tertiary/aromatic N) is 2. The Hall–Kier alpha value is -3.15. The Morgan fingerprint density at radius 2 is 1.46 bits per heavy atom. The van der Waals surface area contributed by atoms with Crippen molar-refractivity contribution >= 4 is 12.8 Å². The third-order valence-electron chi connectivity index (χ3n) is 5.14. The molecule has 1 aromatic carbocycles. The third-order valence-corrected chi connectivity index (χ3v) is 5.14. The van der Waals surface area contributed by atoms with Crippen LogP contribution in [0.4, 0.5) is 26.3 Å². The highest BCUT2D eigenvalue weighted by molar-refractivity contribution is 5.68. The van der Waals surface area contributed by atoms with E-state index in [1.54, 1.807) is 13.8 Å². The summed E-state index contributed by atoms with van der Waals surface area (Å²) in [6, 6.07) is 4.14. The summed E-state index contributed by atoms with van der Waals surface area (Å²) < 4.78 is 87.0. The number of amides is 2. The molecule has 0 atom stereocenters. The van der Waals surface area contributed by atoms with Gasteiger partial charge in [-0.05, 0) is 42.2 Å². The molecule has 0 aliphatic heterocycles. The number of rotatable bonds is 11. The second kappa shape index (κ2) is 11.1. The maximum atomic E-state index is 13.5. The Labute approximate surface area is 197 Å². The zero-order valence-electron chi connectivity index (χ0n) is 18.9. The Balaban J connectivity index is 2.65. The minimum Gasteiger partial charge on any atom is -0.457 e. The van der Waals surface area contributed by atoms with E-state index in [1.165, 1.54) is 18.3 Å². The summed E-state index contributed by atoms with van der Waals surface area (Å²) >= 11 is 0. The molecule has 0 spiro atoms. The number of carbonyl (C=O) groups is 2. The molecule has 0 unspecified atom stereocenters. The van der Waals surface area contributed by atoms with Gasteiger partial charge in [0.1, 0.15) is 11.5 Å². The molecule has 0 saturated heterocycles. The standard InChI is InChI=1S/C23H24F6N2O4/c1-3-5-15-9-17(21(34,22(24,25)26)23(27,28)29)10-16(6-4-2)20(15)35-19-7-8-30-18(11-19)12-31(13-32)14-33/h7-11,13-14,34H,3-6,12H2,1-2H3. The van der Waals surface area contributed by atoms with Crippen molar-refractivity contribution in [1.29, 1.82) is 0 Å². The van der Waals surface area contributed by atoms with Crippen molar-refractivity contribution in [1.82, 2.24) is 9.88 Å². The lowest BCUT2D eigenvalue weighted by molar-refractivity contribution is -0.376. The van der Waals surface area contributed by atoms with Gasteiger partial charge in [-0.2, -0.15) is 26.3 Å². The van der Waals surface area contributed by atoms with Crippen molar-refractivity contribution in [2.75, 3.05) is 0 Å². The van der Waals surface area contributed by atoms with E-state index in [2.05, 4.69) is 4.98 Å². The largest absolute Gasteiger partial charge is 0.457 e. The molecule has 2 amide bonds. The summed E-state index contributed by atoms with van der Waals surface area (Å²) in [4.78, 5) is 26.5. The first-order chi connectivity index (χ1) is 16.3. The molecular weight excluding hydrogens is 482 g/mol. The van der Waals surface area contributed by atoms with Crippen molar-refractivity contribution in [2.45, 2.75) is 64.0 Å². The van der Waals surface area contributed by atoms with Crippen LogP contribution in [0.25, 0.3) is 0 Å². The number of imide groups is 1. The van der Waals surface area contributed by atoms with Gasteiger partial charge in [0.15, 0.2) is 0 Å². The van der Waals surface area contributed by atoms with Crippen LogP contribution < -0.4 is 4.74 Å². The first-order valence-electron chi connectivity index (χ1n) is 10.6. The van der Waals surface area contributed by atoms with Crippen LogP contribution in [-0.4, -0.2) is 40.2 Å². The maximum absolute atomic E-state index is 13.5. The van der Waals surface area contributed by atoms with Crippen LogP contribution in [0.15, 0.2) is 30.5 Å². The van der Waals surface area contributed by atoms with Gasteiger partial charge in [0, 0.05) is 17.8 Å². The highest BCUT2D eigenvalue weighted by atomic mass is 19.4. The Morgan fingerprint density at radius 3 is 1.89 bits per heavy atom. The van der Waals surface area contributed by atoms with Crippen molar-refractivity contribution < 1.29 is 45.8 Å². The summed E-state index contributed by atoms with van der Waals surface area (Å²) in [7, 11) is 0. The predicted octanol–water partition coefficient (Wildman–Crippen LogP) is 5.21. The fourth-order valence-electron chi connectivity index (χ4n) is 3.50. The number of hydrogen-bond acceptors (Lipinski definition) is 5. The van der Waals surface area contributed by atoms with Crippen LogP contribution >= 0.6 is 0 Å². The summed E-state index contributed by atoms with van der Waals surface area (Å²) in [5.74, 6) is 0.222. The topological polar surface area (TPSA) is 79.7 Å². The molecule has 2 aromatic rings. The third kappa shape index (κ3) is 6.11. The van der Waals surface area contributed by atoms with E-state index in [0.717, 1.165) is 4.90 Å². The molecule has 1 N–H and O–H groups in total. The number of hydrogen-bond donors (Lipinski definition) is 1. The quantitative estimate of drug-likeness (QED) is 0.335. The fourth-order valence-corrected chi connectivity index (χ4v) is 3.50. The fraction of sp³-hybridized carbons (Fsp3) is 0.435. The van der Waals surface area contributed by atoms with Crippen LogP contribution in [0.2, 0.25) is 0 Å². The van der Waals surface area contributed by atoms with E-state index < -0.39 is 23.5 Å². The SMILES string of the molecule is CCCc1cc(C(O)(C(F)(F)F)C(F)(F)F)cc(CCC)c1Oc1ccnc(CN(C=O)C=O)c1. The number of carbonyl (C=O) groups excluding carboxylic acids is 2. The Bertz CT molecular complexity index is 990. The normalized spacial score (nSPS) is 12.4. The molecular formula is C23H24F6N2O4. The first kappa shape index (κ1) is 28.1. The van der Waals surface area contributed by atoms with E-state index >= 15 is 0 Å². The molecule has 1 heterocycles. The smallest absolute Gasteiger partial charge is 0.430 e. The summed E-state index contributed by atoms with van der Waals surface area (Å²) in [5.41, 5.74) is -6.02. The molecule has 0 fully saturated rings. The van der Waals surface area contributed by atoms with Gasteiger partial charge in [-0.25, -0.2) is 0 Å². The van der Waals surface area contributed by atoms with Crippen molar-refractivity contribution in [2.24, 2.45) is 0 Å². The number of aryl methyl sites for hydroxylation is 2. The van der Waals surface area contributed by atoms with Crippen molar-refractivity contribution in [3.63, 3.8) is 0 Å². The minimum atomic E-state index is -6.01. The zero-order chi connectivity index (χ0) is 26.4. The molecule has 6 nitrogen and oxygen atoms in total. The van der Waals surface area contributed by atoms with Gasteiger partial charge in [-0.15, -0.1) is 0 Å². The molecule has 1 aromatic heterocycles. The first-order valence-corrected chi connectivity index (χ1v) is 10.6. The van der Waals surface area contributed by atoms with Crippen LogP contribution in [-0.2, 0) is 34.6 Å². The lowest BCUT2D eigenvalue weighted by Gasteiger charge is -2.33. The van der Waals surface area contributed by atoms with Crippen molar-refractivity contribution in [3.05, 3.63) is 52.8 Å². The zero-order valence-corrected chi connectivity index (χ0v) is 18.9. The lowest BCUT2D eigenvalue weighted by Crippen LogP contribution is -2.54. The number of alkyl halides is 6. The molecule has 12 heteroatoms. The number of benzene rings is 1. The van der Waals surface area contributed by atoms with Gasteiger partial charge in [0.05, 0.1) is 12.2 Å². The van der Waals surface area contributed by atoms with E-state index in [4.69, 9.17) is 4.74 Å². The van der Waals surface area contributed by atoms with Gasteiger partial charge < -0.3 is 9.84 Å². The number of halogens is 6. The second-order valence-electron chi connectivity index (χ2n) is 7.80. The molecule has 35 heavy (non-hydrogen) atoms. The summed E-state index contributed by atoms with van der Waals surface area (Å²) in [6.07, 6.45) is -9.22. The molecule has 0 aliphatic carbocycles. The molecule has 2 rings (SSSR count). The number of ether oxygens (including phenoxy) is 1. The molecule has 0 saturated carbocycles. The van der Waals surface area contributed by atoms with Gasteiger partial charge in [0.25, 0.3) is 5.60 Å². The predicted molar refractivity (Wildman–Crippen MR) is 112 cm³/mol. The average Bonchev–Trinajstić information content (AvgIpc) is 2.77. The monoisotopic (exact) mass is 506 g/mol. The number of aliphatic hydroxyl groups is 1. The summed E-state index contributed by atoms with van der Waals surface area (Å²) in [5, 5.41) is 9.93. The van der Waals surface area contributed by atoms with Crippen LogP contribution in [0.5, 0.6) is 11.5 Å². The van der Waals surface area contributed by atoms with E-state index in [-0.39, 0.29) is 47.7 Å². The minimum absolute atomic E-state index is 0.0566. The maximum Gasteiger partial charge on any atom is 0.430 e. The van der Waals surface area contributed by atoms with Gasteiger partial charge >= 0.3 is 12.4 Å². The van der Waals surface area contributed by atoms with Crippen LogP contribution in [0.1, 0.15) is 49.1 Å². The molecule has 0 bridgehead atoms. The highest BCUT2D eigenvalue weighted by Gasteiger charge is 2.71. The van der Waals surface area contributed by atoms with Gasteiger partial charge in [0.2, 0.25) is 12.8 Å². The van der Waals surface area contributed by atoms with E-state index in [9.17, 15) is 41.0 Å². The average molecular weight is 506 g/mol. The van der Waals surface area contributed by atoms with Crippen LogP contribution in [0.3, 0.4) is 0 Å². The molecule has 192 valence electrons. The summed E-state index contributed by atoms with van der Waals surface area (Å²) in [6.45, 7) is 3.21. The number of pyridine rings is 1. The Morgan fingerprint density at radius 1 is 0.943 bits per heavy atom. The molecule has 0 aliphatic rings. The van der Waals surface area contributed by atoms with E-state index in [0.29, 0.717) is 37.8 Å². The number of aromatic nitrogens is 1. The van der Waals surface area contributed by atoms with Crippen molar-refractivity contribution in [3.8, 4) is 11.5 Å². The molecule has 0 radical (unpaired) electrons. The van der Waals surface area contributed by atoms with Crippen LogP contribution in [0, 0.1) is 0 Å². The van der Waals surface area contributed by atoms with E-state index in [1.807, 2.05) is 0 Å². The second-order valence-corrected chi connectivity index (χ2v) is 7.80. The highest BCUT2D eigenvalue weighted by Crippen LogP contribution is 2.51. The lowest BCUT2D eigenvalue weighted by atomic mass is 9.87. The van der Waals surface area contributed by atoms with Gasteiger partial charge in [-0.3, -0.25) is 19.5 Å². The van der Waals surface area contributed by atoms with Gasteiger partial charge in [-0.1, -0.05) is 26.7 Å².